The molecule has 0 radical (unpaired) electrons. The van der Waals surface area contributed by atoms with E-state index in [2.05, 4.69) is 0 Å². The lowest BCUT2D eigenvalue weighted by molar-refractivity contribution is -0.144. The highest BCUT2D eigenvalue weighted by molar-refractivity contribution is 6.42. The number of piperidine rings is 1. The van der Waals surface area contributed by atoms with Crippen LogP contribution in [0.2, 0.25) is 10.0 Å². The van der Waals surface area contributed by atoms with Crippen LogP contribution in [0.4, 0.5) is 0 Å². The summed E-state index contributed by atoms with van der Waals surface area (Å²) in [4.78, 5) is 26.2. The van der Waals surface area contributed by atoms with Crippen molar-refractivity contribution in [3.63, 3.8) is 0 Å². The molecule has 0 bridgehead atoms. The van der Waals surface area contributed by atoms with Crippen LogP contribution in [-0.4, -0.2) is 64.6 Å². The smallest absolute Gasteiger partial charge is 0.251 e. The summed E-state index contributed by atoms with van der Waals surface area (Å²) in [7, 11) is 1.54. The van der Waals surface area contributed by atoms with Crippen molar-refractivity contribution in [1.82, 2.24) is 9.80 Å². The predicted molar refractivity (Wildman–Crippen MR) is 97.9 cm³/mol. The van der Waals surface area contributed by atoms with Crippen LogP contribution in [0.25, 0.3) is 0 Å². The average Bonchev–Trinajstić information content (AvgIpc) is 2.59. The molecule has 2 amide bonds. The number of phenolic OH excluding ortho intramolecular Hbond substituents is 1. The van der Waals surface area contributed by atoms with E-state index in [1.165, 1.54) is 37.4 Å². The van der Waals surface area contributed by atoms with E-state index in [0.29, 0.717) is 10.0 Å². The molecule has 25 heavy (non-hydrogen) atoms. The first kappa shape index (κ1) is 21.5. The minimum atomic E-state index is -1.04. The number of aliphatic hydroxyl groups excluding tert-OH is 1. The Bertz CT molecular complexity index is 590. The van der Waals surface area contributed by atoms with Crippen molar-refractivity contribution in [3.05, 3.63) is 28.2 Å². The molecule has 1 aliphatic rings. The summed E-state index contributed by atoms with van der Waals surface area (Å²) in [6, 6.07) is 4.41. The van der Waals surface area contributed by atoms with Crippen molar-refractivity contribution in [2.24, 2.45) is 0 Å². The van der Waals surface area contributed by atoms with Crippen LogP contribution in [0.3, 0.4) is 0 Å². The molecule has 2 rings (SSSR count). The normalized spacial score (nSPS) is 15.0. The molecule has 1 aliphatic heterocycles. The summed E-state index contributed by atoms with van der Waals surface area (Å²) in [5.41, 5.74) is 0. The van der Waals surface area contributed by atoms with Gasteiger partial charge in [0.2, 0.25) is 5.91 Å². The summed E-state index contributed by atoms with van der Waals surface area (Å²) in [5.74, 6) is -0.314. The SMILES string of the molecule is CC(O)C(=O)N(C)CC(=O)N1CCCCC1.Oc1ccc(Cl)c(Cl)c1. The molecule has 0 saturated carbocycles. The first-order chi connectivity index (χ1) is 11.7. The molecule has 8 heteroatoms. The highest BCUT2D eigenvalue weighted by Gasteiger charge is 2.21. The van der Waals surface area contributed by atoms with Crippen molar-refractivity contribution in [1.29, 1.82) is 0 Å². The number of aromatic hydroxyl groups is 1. The second-order valence-corrected chi connectivity index (χ2v) is 6.72. The van der Waals surface area contributed by atoms with E-state index in [4.69, 9.17) is 33.4 Å². The number of nitrogens with zero attached hydrogens (tertiary/aromatic N) is 2. The lowest BCUT2D eigenvalue weighted by Crippen LogP contribution is -2.45. The molecule has 0 spiro atoms. The second-order valence-electron chi connectivity index (χ2n) is 5.91. The third kappa shape index (κ3) is 7.50. The summed E-state index contributed by atoms with van der Waals surface area (Å²) >= 11 is 11.1. The van der Waals surface area contributed by atoms with Gasteiger partial charge in [-0.15, -0.1) is 0 Å². The molecule has 1 unspecified atom stereocenters. The fraction of sp³-hybridized carbons (Fsp3) is 0.529. The Morgan fingerprint density at radius 1 is 1.20 bits per heavy atom. The van der Waals surface area contributed by atoms with Crippen molar-refractivity contribution in [2.45, 2.75) is 32.3 Å². The van der Waals surface area contributed by atoms with E-state index in [-0.39, 0.29) is 18.2 Å². The minimum Gasteiger partial charge on any atom is -0.508 e. The number of hydrogen-bond donors (Lipinski definition) is 2. The number of carbonyl (C=O) groups is 2. The van der Waals surface area contributed by atoms with Gasteiger partial charge in [0.25, 0.3) is 5.91 Å². The van der Waals surface area contributed by atoms with E-state index >= 15 is 0 Å². The minimum absolute atomic E-state index is 0.0313. The van der Waals surface area contributed by atoms with E-state index in [1.54, 1.807) is 11.0 Å². The lowest BCUT2D eigenvalue weighted by atomic mass is 10.1. The third-order valence-corrected chi connectivity index (χ3v) is 4.46. The molecule has 1 saturated heterocycles. The zero-order valence-electron chi connectivity index (χ0n) is 14.4. The van der Waals surface area contributed by atoms with Gasteiger partial charge in [-0.1, -0.05) is 23.2 Å². The molecule has 0 aliphatic carbocycles. The maximum Gasteiger partial charge on any atom is 0.251 e. The van der Waals surface area contributed by atoms with Gasteiger partial charge in [0, 0.05) is 20.1 Å². The largest absolute Gasteiger partial charge is 0.508 e. The Hall–Kier alpha value is -1.50. The highest BCUT2D eigenvalue weighted by atomic mass is 35.5. The lowest BCUT2D eigenvalue weighted by Gasteiger charge is -2.29. The number of hydrogen-bond acceptors (Lipinski definition) is 4. The Balaban J connectivity index is 0.000000293. The van der Waals surface area contributed by atoms with Crippen LogP contribution in [0.15, 0.2) is 18.2 Å². The van der Waals surface area contributed by atoms with Gasteiger partial charge in [0.15, 0.2) is 0 Å². The predicted octanol–water partition coefficient (Wildman–Crippen LogP) is 2.54. The number of halogens is 2. The fourth-order valence-corrected chi connectivity index (χ4v) is 2.62. The topological polar surface area (TPSA) is 81.1 Å². The number of aliphatic hydroxyl groups is 1. The van der Waals surface area contributed by atoms with Gasteiger partial charge in [0.1, 0.15) is 11.9 Å². The van der Waals surface area contributed by atoms with Crippen LogP contribution in [0.1, 0.15) is 26.2 Å². The van der Waals surface area contributed by atoms with Gasteiger partial charge in [-0.2, -0.15) is 0 Å². The van der Waals surface area contributed by atoms with Crippen LogP contribution in [-0.2, 0) is 9.59 Å². The second kappa shape index (κ2) is 10.5. The van der Waals surface area contributed by atoms with Crippen molar-refractivity contribution in [3.8, 4) is 5.75 Å². The van der Waals surface area contributed by atoms with Gasteiger partial charge in [-0.05, 0) is 44.4 Å². The number of carbonyl (C=O) groups excluding carboxylic acids is 2. The van der Waals surface area contributed by atoms with Crippen molar-refractivity contribution >= 4 is 35.0 Å². The summed E-state index contributed by atoms with van der Waals surface area (Å²) < 4.78 is 0. The number of likely N-dealkylation sites (N-methyl/N-ethyl adjacent to an activating group) is 1. The van der Waals surface area contributed by atoms with E-state index in [9.17, 15) is 9.59 Å². The Morgan fingerprint density at radius 3 is 2.28 bits per heavy atom. The summed E-state index contributed by atoms with van der Waals surface area (Å²) in [6.45, 7) is 3.04. The number of phenols is 1. The van der Waals surface area contributed by atoms with Gasteiger partial charge >= 0.3 is 0 Å². The molecule has 1 atom stereocenters. The number of amides is 2. The Kier molecular flexibility index (Phi) is 9.03. The summed E-state index contributed by atoms with van der Waals surface area (Å²) in [5, 5.41) is 18.7. The highest BCUT2D eigenvalue weighted by Crippen LogP contribution is 2.25. The molecular weight excluding hydrogens is 367 g/mol. The zero-order valence-corrected chi connectivity index (χ0v) is 15.9. The molecule has 1 heterocycles. The third-order valence-electron chi connectivity index (χ3n) is 3.72. The average molecular weight is 391 g/mol. The molecule has 6 nitrogen and oxygen atoms in total. The maximum atomic E-state index is 11.8. The van der Waals surface area contributed by atoms with Crippen LogP contribution < -0.4 is 0 Å². The Labute approximate surface area is 157 Å². The standard InChI is InChI=1S/C11H20N2O3.C6H4Cl2O/c1-9(14)11(16)12(2)8-10(15)13-6-4-3-5-7-13;7-5-2-1-4(9)3-6(5)8/h9,14H,3-8H2,1-2H3;1-3,9H. The molecule has 2 N–H and O–H groups in total. The number of likely N-dealkylation sites (tertiary alicyclic amines) is 1. The number of benzene rings is 1. The molecule has 1 aromatic rings. The molecule has 1 aromatic carbocycles. The quantitative estimate of drug-likeness (QED) is 0.830. The molecular formula is C17H24Cl2N2O4. The monoisotopic (exact) mass is 390 g/mol. The van der Waals surface area contributed by atoms with Gasteiger partial charge in [-0.3, -0.25) is 9.59 Å². The molecule has 0 aromatic heterocycles. The van der Waals surface area contributed by atoms with Crippen molar-refractivity contribution in [2.75, 3.05) is 26.7 Å². The van der Waals surface area contributed by atoms with Crippen LogP contribution in [0.5, 0.6) is 5.75 Å². The van der Waals surface area contributed by atoms with Crippen LogP contribution >= 0.6 is 23.2 Å². The molecule has 140 valence electrons. The van der Waals surface area contributed by atoms with Crippen molar-refractivity contribution < 1.29 is 19.8 Å². The Morgan fingerprint density at radius 2 is 1.80 bits per heavy atom. The zero-order chi connectivity index (χ0) is 19.0. The fourth-order valence-electron chi connectivity index (χ4n) is 2.33. The maximum absolute atomic E-state index is 11.8. The summed E-state index contributed by atoms with van der Waals surface area (Å²) in [6.07, 6.45) is 2.21. The van der Waals surface area contributed by atoms with Gasteiger partial charge in [0.05, 0.1) is 16.6 Å². The first-order valence-electron chi connectivity index (χ1n) is 8.07. The van der Waals surface area contributed by atoms with E-state index in [0.717, 1.165) is 25.9 Å². The van der Waals surface area contributed by atoms with E-state index < -0.39 is 12.0 Å². The first-order valence-corrected chi connectivity index (χ1v) is 8.82. The van der Waals surface area contributed by atoms with Crippen LogP contribution in [0, 0.1) is 0 Å². The molecule has 1 fully saturated rings. The van der Waals surface area contributed by atoms with E-state index in [1.807, 2.05) is 0 Å². The van der Waals surface area contributed by atoms with Gasteiger partial charge < -0.3 is 20.0 Å². The number of rotatable bonds is 3. The van der Waals surface area contributed by atoms with Gasteiger partial charge in [-0.25, -0.2) is 0 Å².